The Labute approximate surface area is 108 Å². The second-order valence-corrected chi connectivity index (χ2v) is 7.77. The Morgan fingerprint density at radius 3 is 2.53 bits per heavy atom. The van der Waals surface area contributed by atoms with Gasteiger partial charge in [-0.25, -0.2) is 4.79 Å². The summed E-state index contributed by atoms with van der Waals surface area (Å²) in [6.07, 6.45) is 0.839. The maximum atomic E-state index is 11.0. The molecule has 0 unspecified atom stereocenters. The van der Waals surface area contributed by atoms with Gasteiger partial charge < -0.3 is 4.74 Å². The first-order valence-electron chi connectivity index (χ1n) is 4.72. The van der Waals surface area contributed by atoms with Crippen molar-refractivity contribution in [2.24, 2.45) is 0 Å². The maximum absolute atomic E-state index is 11.0. The molecule has 0 aromatic heterocycles. The van der Waals surface area contributed by atoms with Gasteiger partial charge in [-0.3, -0.25) is 0 Å². The van der Waals surface area contributed by atoms with E-state index in [0.29, 0.717) is 18.2 Å². The van der Waals surface area contributed by atoms with E-state index in [4.69, 9.17) is 39.5 Å². The van der Waals surface area contributed by atoms with Crippen LogP contribution in [0.15, 0.2) is 12.2 Å². The highest BCUT2D eigenvalue weighted by atomic mass is 35.6. The summed E-state index contributed by atoms with van der Waals surface area (Å²) >= 11 is 16.8. The molecule has 0 saturated carbocycles. The Balaban J connectivity index is 3.33. The lowest BCUT2D eigenvalue weighted by Crippen LogP contribution is -2.09. The molecular weight excluding hydrogens is 275 g/mol. The van der Waals surface area contributed by atoms with Crippen molar-refractivity contribution in [2.45, 2.75) is 29.2 Å². The number of hydrogen-bond acceptors (Lipinski definition) is 2. The first-order valence-corrected chi connectivity index (χ1v) is 7.85. The predicted molar refractivity (Wildman–Crippen MR) is 68.8 cm³/mol. The molecule has 0 amide bonds. The van der Waals surface area contributed by atoms with Gasteiger partial charge in [0.2, 0.25) is 0 Å². The minimum atomic E-state index is -1.11. The molecule has 2 nitrogen and oxygen atoms in total. The largest absolute Gasteiger partial charge is 0.462 e. The summed E-state index contributed by atoms with van der Waals surface area (Å²) in [6.45, 7) is 5.54. The Hall–Kier alpha value is 0.297. The molecule has 0 radical (unpaired) electrons. The molecule has 0 fully saturated rings. The molecule has 15 heavy (non-hydrogen) atoms. The van der Waals surface area contributed by atoms with Crippen molar-refractivity contribution in [1.29, 1.82) is 0 Å². The van der Waals surface area contributed by atoms with E-state index in [-0.39, 0.29) is 15.5 Å². The molecule has 0 aromatic rings. The van der Waals surface area contributed by atoms with Gasteiger partial charge in [0, 0.05) is 15.1 Å². The van der Waals surface area contributed by atoms with Crippen LogP contribution in [0.3, 0.4) is 0 Å². The summed E-state index contributed by atoms with van der Waals surface area (Å²) in [6, 6.07) is 1.67. The minimum absolute atomic E-state index is 0.335. The van der Waals surface area contributed by atoms with Crippen molar-refractivity contribution < 1.29 is 9.53 Å². The molecule has 0 spiro atoms. The Bertz CT molecular complexity index is 226. The molecule has 0 heterocycles. The van der Waals surface area contributed by atoms with Crippen LogP contribution in [0.1, 0.15) is 13.3 Å². The number of alkyl halides is 3. The van der Waals surface area contributed by atoms with E-state index in [1.165, 1.54) is 0 Å². The lowest BCUT2D eigenvalue weighted by molar-refractivity contribution is -0.138. The summed E-state index contributed by atoms with van der Waals surface area (Å²) in [7, 11) is -0.367. The van der Waals surface area contributed by atoms with Crippen LogP contribution in [0.25, 0.3) is 0 Å². The van der Waals surface area contributed by atoms with Gasteiger partial charge in [0.1, 0.15) is 0 Å². The van der Waals surface area contributed by atoms with Crippen molar-refractivity contribution in [1.82, 2.24) is 0 Å². The van der Waals surface area contributed by atoms with Crippen LogP contribution in [0.2, 0.25) is 12.1 Å². The number of ether oxygens (including phenoxy) is 1. The van der Waals surface area contributed by atoms with E-state index >= 15 is 0 Å². The molecule has 0 bridgehead atoms. The fourth-order valence-corrected chi connectivity index (χ4v) is 3.30. The number of esters is 1. The van der Waals surface area contributed by atoms with Gasteiger partial charge >= 0.3 is 5.97 Å². The van der Waals surface area contributed by atoms with Gasteiger partial charge in [-0.2, -0.15) is 0 Å². The van der Waals surface area contributed by atoms with E-state index in [9.17, 15) is 4.79 Å². The third-order valence-electron chi connectivity index (χ3n) is 1.69. The van der Waals surface area contributed by atoms with E-state index in [2.05, 4.69) is 6.58 Å². The second kappa shape index (κ2) is 7.55. The van der Waals surface area contributed by atoms with Gasteiger partial charge in [0.05, 0.1) is 6.61 Å². The van der Waals surface area contributed by atoms with Crippen LogP contribution >= 0.6 is 34.8 Å². The van der Waals surface area contributed by atoms with E-state index < -0.39 is 3.79 Å². The zero-order valence-electron chi connectivity index (χ0n) is 8.69. The second-order valence-electron chi connectivity index (χ2n) is 3.34. The smallest absolute Gasteiger partial charge is 0.333 e. The van der Waals surface area contributed by atoms with Crippen LogP contribution in [0, 0.1) is 0 Å². The molecule has 0 aromatic carbocycles. The predicted octanol–water partition coefficient (Wildman–Crippen LogP) is 2.87. The average molecular weight is 290 g/mol. The zero-order chi connectivity index (χ0) is 11.9. The third kappa shape index (κ3) is 10.6. The summed E-state index contributed by atoms with van der Waals surface area (Å²) in [5.74, 6) is -0.335. The molecular formula is C9H15Cl3O2Si. The fraction of sp³-hybridized carbons (Fsp3) is 0.667. The fourth-order valence-electron chi connectivity index (χ4n) is 0.892. The molecule has 0 N–H and O–H groups in total. The van der Waals surface area contributed by atoms with Gasteiger partial charge in [0.25, 0.3) is 0 Å². The molecule has 0 rings (SSSR count). The summed E-state index contributed by atoms with van der Waals surface area (Å²) in [5.41, 5.74) is 0.425. The maximum Gasteiger partial charge on any atom is 0.333 e. The minimum Gasteiger partial charge on any atom is -0.462 e. The summed E-state index contributed by atoms with van der Waals surface area (Å²) in [4.78, 5) is 11.0. The molecule has 6 heteroatoms. The highest BCUT2D eigenvalue weighted by Crippen LogP contribution is 2.30. The van der Waals surface area contributed by atoms with Crippen LogP contribution in [0.5, 0.6) is 0 Å². The monoisotopic (exact) mass is 288 g/mol. The van der Waals surface area contributed by atoms with Crippen molar-refractivity contribution in [3.05, 3.63) is 12.2 Å². The molecule has 0 aliphatic rings. The highest BCUT2D eigenvalue weighted by molar-refractivity contribution is 6.70. The number of halogens is 3. The standard InChI is InChI=1S/C9H15Cl3O2Si/c1-7(2)8(13)14-4-3-5-15-6-9(10,11)12/h1,3-6,15H2,2H3. The topological polar surface area (TPSA) is 26.3 Å². The Morgan fingerprint density at radius 2 is 2.07 bits per heavy atom. The number of carbonyl (C=O) groups excluding carboxylic acids is 1. The van der Waals surface area contributed by atoms with Crippen LogP contribution in [-0.4, -0.2) is 25.9 Å². The summed E-state index contributed by atoms with van der Waals surface area (Å²) < 4.78 is 3.81. The van der Waals surface area contributed by atoms with Crippen LogP contribution in [0.4, 0.5) is 0 Å². The van der Waals surface area contributed by atoms with Gasteiger partial charge in [-0.1, -0.05) is 47.4 Å². The quantitative estimate of drug-likeness (QED) is 0.247. The first kappa shape index (κ1) is 15.3. The SMILES string of the molecule is C=C(C)C(=O)OCCC[SiH2]CC(Cl)(Cl)Cl. The van der Waals surface area contributed by atoms with Crippen LogP contribution in [-0.2, 0) is 9.53 Å². The van der Waals surface area contributed by atoms with Gasteiger partial charge in [0.15, 0.2) is 3.79 Å². The third-order valence-corrected chi connectivity index (χ3v) is 5.31. The van der Waals surface area contributed by atoms with Gasteiger partial charge in [-0.15, -0.1) is 0 Å². The zero-order valence-corrected chi connectivity index (χ0v) is 12.4. The van der Waals surface area contributed by atoms with E-state index in [1.807, 2.05) is 0 Å². The van der Waals surface area contributed by atoms with Crippen molar-refractivity contribution >= 4 is 50.3 Å². The Morgan fingerprint density at radius 1 is 1.47 bits per heavy atom. The molecule has 0 saturated heterocycles. The van der Waals surface area contributed by atoms with Gasteiger partial charge in [-0.05, 0) is 19.4 Å². The number of hydrogen-bond donors (Lipinski definition) is 0. The van der Waals surface area contributed by atoms with Crippen molar-refractivity contribution in [2.75, 3.05) is 6.61 Å². The number of carbonyl (C=O) groups is 1. The lowest BCUT2D eigenvalue weighted by atomic mass is 10.4. The summed E-state index contributed by atoms with van der Waals surface area (Å²) in [5, 5.41) is 0. The van der Waals surface area contributed by atoms with Crippen molar-refractivity contribution in [3.63, 3.8) is 0 Å². The van der Waals surface area contributed by atoms with Crippen LogP contribution < -0.4 is 0 Å². The van der Waals surface area contributed by atoms with Crippen molar-refractivity contribution in [3.8, 4) is 0 Å². The highest BCUT2D eigenvalue weighted by Gasteiger charge is 2.18. The Kier molecular flexibility index (Phi) is 7.70. The first-order chi connectivity index (χ1) is 6.83. The normalized spacial score (nSPS) is 12.0. The lowest BCUT2D eigenvalue weighted by Gasteiger charge is -2.09. The van der Waals surface area contributed by atoms with E-state index in [1.54, 1.807) is 6.92 Å². The molecule has 0 aliphatic heterocycles. The average Bonchev–Trinajstić information content (AvgIpc) is 2.08. The molecule has 88 valence electrons. The molecule has 0 atom stereocenters. The molecule has 0 aliphatic carbocycles. The van der Waals surface area contributed by atoms with E-state index in [0.717, 1.165) is 12.5 Å². The number of rotatable bonds is 6.